The number of H-pyrrole nitrogens is 1. The molecule has 1 aromatic heterocycles. The number of hydrogen-bond acceptors (Lipinski definition) is 4. The van der Waals surface area contributed by atoms with Crippen molar-refractivity contribution >= 4 is 6.21 Å². The van der Waals surface area contributed by atoms with Gasteiger partial charge in [-0.3, -0.25) is 14.3 Å². The van der Waals surface area contributed by atoms with Crippen LogP contribution >= 0.6 is 0 Å². The fourth-order valence-corrected chi connectivity index (χ4v) is 1.98. The van der Waals surface area contributed by atoms with Crippen molar-refractivity contribution in [3.63, 3.8) is 0 Å². The Morgan fingerprint density at radius 2 is 2.32 bits per heavy atom. The molecule has 1 saturated carbocycles. The lowest BCUT2D eigenvalue weighted by Gasteiger charge is -2.08. The Morgan fingerprint density at radius 1 is 1.58 bits per heavy atom. The maximum Gasteiger partial charge on any atom is 0.328 e. The maximum atomic E-state index is 11.5. The summed E-state index contributed by atoms with van der Waals surface area (Å²) in [5.41, 5.74) is -0.857. The van der Waals surface area contributed by atoms with Gasteiger partial charge in [-0.1, -0.05) is 13.8 Å². The van der Waals surface area contributed by atoms with Crippen molar-refractivity contribution < 1.29 is 6.16 Å². The van der Waals surface area contributed by atoms with E-state index in [1.165, 1.54) is 10.8 Å². The lowest BCUT2D eigenvalue weighted by atomic mass is 10.3. The van der Waals surface area contributed by atoms with Crippen LogP contribution in [0.5, 0.6) is 0 Å². The van der Waals surface area contributed by atoms with Crippen molar-refractivity contribution in [3.05, 3.63) is 44.4 Å². The second kappa shape index (κ2) is 5.26. The van der Waals surface area contributed by atoms with Crippen molar-refractivity contribution in [2.24, 2.45) is 5.92 Å². The van der Waals surface area contributed by atoms with Gasteiger partial charge in [-0.05, 0) is 12.5 Å². The fraction of sp³-hybridized carbons (Fsp3) is 0.462. The van der Waals surface area contributed by atoms with Crippen LogP contribution in [-0.4, -0.2) is 21.9 Å². The molecule has 104 valence electrons. The molecule has 2 atom stereocenters. The van der Waals surface area contributed by atoms with Crippen LogP contribution in [0.15, 0.2) is 27.6 Å². The van der Waals surface area contributed by atoms with Crippen molar-refractivity contribution in [1.82, 2.24) is 9.55 Å². The zero-order chi connectivity index (χ0) is 14.0. The Labute approximate surface area is 111 Å². The molecule has 0 aromatic carbocycles. The normalized spacial score (nSPS) is 22.5. The smallest absolute Gasteiger partial charge is 0.328 e. The van der Waals surface area contributed by atoms with Crippen molar-refractivity contribution in [1.29, 1.82) is 5.41 Å². The third-order valence-corrected chi connectivity index (χ3v) is 3.00. The minimum absolute atomic E-state index is 0. The second-order valence-electron chi connectivity index (χ2n) is 4.30. The van der Waals surface area contributed by atoms with E-state index in [4.69, 9.17) is 10.1 Å². The first kappa shape index (κ1) is 13.3. The predicted molar refractivity (Wildman–Crippen MR) is 73.7 cm³/mol. The molecule has 6 heteroatoms. The third kappa shape index (κ3) is 2.67. The molecule has 1 fully saturated rings. The molecule has 6 nitrogen and oxygen atoms in total. The van der Waals surface area contributed by atoms with Gasteiger partial charge in [0.25, 0.3) is 5.56 Å². The molecule has 0 radical (unpaired) electrons. The van der Waals surface area contributed by atoms with E-state index in [-0.39, 0.29) is 6.99 Å². The first-order chi connectivity index (χ1) is 9.17. The van der Waals surface area contributed by atoms with Gasteiger partial charge in [0.1, 0.15) is 11.9 Å². The summed E-state index contributed by atoms with van der Waals surface area (Å²) >= 11 is 0. The molecule has 1 aliphatic heterocycles. The number of hydrogen-bond donors (Lipinski definition) is 2. The highest BCUT2D eigenvalue weighted by Gasteiger charge is 2.43. The van der Waals surface area contributed by atoms with Gasteiger partial charge >= 0.3 is 5.69 Å². The summed E-state index contributed by atoms with van der Waals surface area (Å²) in [6.45, 7) is 4.31. The van der Waals surface area contributed by atoms with Crippen molar-refractivity contribution in [2.45, 2.75) is 32.9 Å². The van der Waals surface area contributed by atoms with Gasteiger partial charge in [0, 0.05) is 19.8 Å². The molecule has 2 aliphatic rings. The first-order valence-electron chi connectivity index (χ1n) is 6.39. The maximum absolute atomic E-state index is 11.5. The van der Waals surface area contributed by atoms with Crippen molar-refractivity contribution in [3.8, 4) is 0 Å². The number of nitrogens with zero attached hydrogens (tertiary/aromatic N) is 1. The molecule has 2 N–H and O–H groups in total. The summed E-state index contributed by atoms with van der Waals surface area (Å²) in [5, 5.41) is 7.07. The van der Waals surface area contributed by atoms with E-state index in [9.17, 15) is 9.59 Å². The quantitative estimate of drug-likeness (QED) is 0.802. The minimum Gasteiger partial charge on any atom is -0.493 e. The topological polar surface area (TPSA) is 87.9 Å². The van der Waals surface area contributed by atoms with E-state index in [0.29, 0.717) is 18.6 Å². The van der Waals surface area contributed by atoms with Gasteiger partial charge in [-0.2, -0.15) is 0 Å². The van der Waals surface area contributed by atoms with Gasteiger partial charge in [-0.25, -0.2) is 4.79 Å². The van der Waals surface area contributed by atoms with Crippen LogP contribution in [0.2, 0.25) is 0 Å². The van der Waals surface area contributed by atoms with Crippen LogP contribution in [0.3, 0.4) is 0 Å². The average molecular weight is 265 g/mol. The van der Waals surface area contributed by atoms with Crippen LogP contribution in [0.25, 0.3) is 0 Å². The summed E-state index contributed by atoms with van der Waals surface area (Å²) in [6, 6.07) is 0. The van der Waals surface area contributed by atoms with E-state index < -0.39 is 11.2 Å². The molecule has 1 aliphatic carbocycles. The number of fused-ring (bicyclic) bond motifs is 1. The SMILES string of the molecule is CC.N=Cc1cn(CC2=CC3CC3O2)c(=O)[nH]c1=O.[HH]. The molecule has 3 rings (SSSR count). The van der Waals surface area contributed by atoms with Crippen LogP contribution in [0.1, 0.15) is 27.3 Å². The molecule has 0 bridgehead atoms. The van der Waals surface area contributed by atoms with Gasteiger partial charge < -0.3 is 10.1 Å². The highest BCUT2D eigenvalue weighted by Crippen LogP contribution is 2.43. The molecule has 2 heterocycles. The lowest BCUT2D eigenvalue weighted by molar-refractivity contribution is 0.193. The molecule has 0 spiro atoms. The Hall–Kier alpha value is -2.11. The summed E-state index contributed by atoms with van der Waals surface area (Å²) < 4.78 is 6.90. The summed E-state index contributed by atoms with van der Waals surface area (Å²) in [5.74, 6) is 1.27. The van der Waals surface area contributed by atoms with Crippen LogP contribution in [0, 0.1) is 11.3 Å². The van der Waals surface area contributed by atoms with Gasteiger partial charge in [0.05, 0.1) is 12.1 Å². The van der Waals surface area contributed by atoms with E-state index in [2.05, 4.69) is 4.98 Å². The molecule has 2 unspecified atom stereocenters. The number of aromatic nitrogens is 2. The van der Waals surface area contributed by atoms with E-state index in [1.807, 2.05) is 19.9 Å². The molecule has 0 amide bonds. The van der Waals surface area contributed by atoms with E-state index in [0.717, 1.165) is 18.4 Å². The van der Waals surface area contributed by atoms with Crippen LogP contribution in [-0.2, 0) is 11.3 Å². The Bertz CT molecular complexity index is 632. The lowest BCUT2D eigenvalue weighted by Crippen LogP contribution is -2.32. The Balaban J connectivity index is 0.000000639. The Kier molecular flexibility index (Phi) is 3.69. The van der Waals surface area contributed by atoms with Gasteiger partial charge in [-0.15, -0.1) is 0 Å². The summed E-state index contributed by atoms with van der Waals surface area (Å²) in [7, 11) is 0. The largest absolute Gasteiger partial charge is 0.493 e. The van der Waals surface area contributed by atoms with E-state index in [1.54, 1.807) is 0 Å². The number of aromatic amines is 1. The zero-order valence-corrected chi connectivity index (χ0v) is 11.0. The first-order valence-corrected chi connectivity index (χ1v) is 6.39. The monoisotopic (exact) mass is 265 g/mol. The number of ether oxygens (including phenoxy) is 1. The number of rotatable bonds is 3. The van der Waals surface area contributed by atoms with Crippen LogP contribution in [0.4, 0.5) is 0 Å². The highest BCUT2D eigenvalue weighted by atomic mass is 16.5. The summed E-state index contributed by atoms with van der Waals surface area (Å²) in [6.07, 6.45) is 5.69. The van der Waals surface area contributed by atoms with Crippen LogP contribution < -0.4 is 11.2 Å². The van der Waals surface area contributed by atoms with E-state index >= 15 is 0 Å². The predicted octanol–water partition coefficient (Wildman–Crippen LogP) is 1.11. The molecular formula is C13H19N3O3. The Morgan fingerprint density at radius 3 is 2.89 bits per heavy atom. The number of allylic oxidation sites excluding steroid dienone is 1. The second-order valence-corrected chi connectivity index (χ2v) is 4.30. The molecule has 19 heavy (non-hydrogen) atoms. The summed E-state index contributed by atoms with van der Waals surface area (Å²) in [4.78, 5) is 25.0. The van der Waals surface area contributed by atoms with Crippen molar-refractivity contribution in [2.75, 3.05) is 0 Å². The molecular weight excluding hydrogens is 246 g/mol. The minimum atomic E-state index is -0.537. The standard InChI is InChI=1S/C11H11N3O3.C2H6.H2/c12-3-7-4-14(11(16)13-10(7)15)5-8-1-6-2-9(6)17-8;1-2;/h1,3-4,6,9,12H,2,5H2,(H,13,15,16);1-2H3;1H. The average Bonchev–Trinajstić information content (AvgIpc) is 3.02. The highest BCUT2D eigenvalue weighted by molar-refractivity contribution is 5.75. The fourth-order valence-electron chi connectivity index (χ4n) is 1.98. The third-order valence-electron chi connectivity index (χ3n) is 3.00. The molecule has 1 aromatic rings. The molecule has 0 saturated heterocycles. The van der Waals surface area contributed by atoms with Gasteiger partial charge in [0.15, 0.2) is 0 Å². The number of nitrogens with one attached hydrogen (secondary N) is 2. The van der Waals surface area contributed by atoms with Gasteiger partial charge in [0.2, 0.25) is 0 Å². The zero-order valence-electron chi connectivity index (χ0n) is 11.0.